The number of methoxy groups -OCH3 is 3. The van der Waals surface area contributed by atoms with Crippen molar-refractivity contribution in [3.8, 4) is 23.0 Å². The van der Waals surface area contributed by atoms with Crippen molar-refractivity contribution in [1.29, 1.82) is 0 Å². The number of benzene rings is 2. The Labute approximate surface area is 188 Å². The van der Waals surface area contributed by atoms with Gasteiger partial charge in [-0.05, 0) is 48.0 Å². The second-order valence-corrected chi connectivity index (χ2v) is 8.00. The number of carbonyl (C=O) groups excluding carboxylic acids is 2. The van der Waals surface area contributed by atoms with E-state index in [-0.39, 0.29) is 22.5 Å². The standard InChI is InChI=1S/C21H20N2O6S2/c1-27-15-8-12(9-16(28-2)19(15)29-3)10-17-20(26)23(21(30)31-17)11-18(25)22-13-4-6-14(24)7-5-13/h4-10,24H,11H2,1-3H3,(H,22,25)/b17-10+. The van der Waals surface area contributed by atoms with Crippen molar-refractivity contribution in [3.05, 3.63) is 46.9 Å². The summed E-state index contributed by atoms with van der Waals surface area (Å²) >= 11 is 6.40. The van der Waals surface area contributed by atoms with Gasteiger partial charge in [-0.1, -0.05) is 24.0 Å². The van der Waals surface area contributed by atoms with Crippen molar-refractivity contribution in [3.63, 3.8) is 0 Å². The number of thioether (sulfide) groups is 1. The van der Waals surface area contributed by atoms with E-state index in [0.717, 1.165) is 11.8 Å². The van der Waals surface area contributed by atoms with Crippen molar-refractivity contribution in [2.45, 2.75) is 0 Å². The summed E-state index contributed by atoms with van der Waals surface area (Å²) in [6.07, 6.45) is 1.65. The van der Waals surface area contributed by atoms with Gasteiger partial charge in [0.2, 0.25) is 11.7 Å². The van der Waals surface area contributed by atoms with Crippen LogP contribution in [0.3, 0.4) is 0 Å². The normalized spacial score (nSPS) is 14.7. The fourth-order valence-corrected chi connectivity index (χ4v) is 4.12. The van der Waals surface area contributed by atoms with Gasteiger partial charge in [-0.25, -0.2) is 0 Å². The average molecular weight is 461 g/mol. The molecule has 31 heavy (non-hydrogen) atoms. The maximum atomic E-state index is 12.8. The number of hydrogen-bond acceptors (Lipinski definition) is 8. The molecule has 1 aliphatic heterocycles. The number of amides is 2. The smallest absolute Gasteiger partial charge is 0.266 e. The van der Waals surface area contributed by atoms with Gasteiger partial charge in [-0.2, -0.15) is 0 Å². The summed E-state index contributed by atoms with van der Waals surface area (Å²) in [6.45, 7) is -0.224. The molecule has 0 saturated carbocycles. The first-order chi connectivity index (χ1) is 14.9. The third-order valence-electron chi connectivity index (χ3n) is 4.31. The minimum atomic E-state index is -0.406. The van der Waals surface area contributed by atoms with E-state index in [2.05, 4.69) is 5.32 Å². The number of phenolic OH excluding ortho intramolecular Hbond substituents is 1. The molecule has 10 heteroatoms. The summed E-state index contributed by atoms with van der Waals surface area (Å²) in [5.41, 5.74) is 1.16. The third-order valence-corrected chi connectivity index (χ3v) is 5.69. The van der Waals surface area contributed by atoms with Gasteiger partial charge in [0.25, 0.3) is 5.91 Å². The summed E-state index contributed by atoms with van der Waals surface area (Å²) in [4.78, 5) is 26.8. The predicted molar refractivity (Wildman–Crippen MR) is 123 cm³/mol. The van der Waals surface area contributed by atoms with Gasteiger partial charge in [-0.3, -0.25) is 14.5 Å². The summed E-state index contributed by atoms with van der Waals surface area (Å²) in [7, 11) is 4.52. The number of thiocarbonyl (C=S) groups is 1. The van der Waals surface area contributed by atoms with Crippen LogP contribution in [0.5, 0.6) is 23.0 Å². The number of phenols is 1. The van der Waals surface area contributed by atoms with Crippen LogP contribution in [-0.2, 0) is 9.59 Å². The maximum Gasteiger partial charge on any atom is 0.266 e. The van der Waals surface area contributed by atoms with E-state index in [1.54, 1.807) is 30.3 Å². The highest BCUT2D eigenvalue weighted by molar-refractivity contribution is 8.26. The van der Waals surface area contributed by atoms with Gasteiger partial charge >= 0.3 is 0 Å². The Morgan fingerprint density at radius 3 is 2.29 bits per heavy atom. The van der Waals surface area contributed by atoms with Crippen LogP contribution in [0.2, 0.25) is 0 Å². The quantitative estimate of drug-likeness (QED) is 0.369. The Hall–Kier alpha value is -3.24. The Morgan fingerprint density at radius 2 is 1.74 bits per heavy atom. The van der Waals surface area contributed by atoms with Crippen molar-refractivity contribution in [2.75, 3.05) is 33.2 Å². The molecule has 0 radical (unpaired) electrons. The Morgan fingerprint density at radius 1 is 1.13 bits per heavy atom. The van der Waals surface area contributed by atoms with E-state index in [0.29, 0.717) is 33.4 Å². The number of hydrogen-bond donors (Lipinski definition) is 2. The summed E-state index contributed by atoms with van der Waals surface area (Å²) < 4.78 is 16.3. The Bertz CT molecular complexity index is 1030. The molecule has 0 bridgehead atoms. The lowest BCUT2D eigenvalue weighted by Crippen LogP contribution is -2.36. The van der Waals surface area contributed by atoms with E-state index in [4.69, 9.17) is 26.4 Å². The molecule has 2 amide bonds. The minimum Gasteiger partial charge on any atom is -0.508 e. The van der Waals surface area contributed by atoms with E-state index < -0.39 is 5.91 Å². The summed E-state index contributed by atoms with van der Waals surface area (Å²) in [5, 5.41) is 12.0. The molecule has 1 aliphatic rings. The van der Waals surface area contributed by atoms with Crippen LogP contribution in [-0.4, -0.2) is 54.0 Å². The topological polar surface area (TPSA) is 97.3 Å². The highest BCUT2D eigenvalue weighted by Gasteiger charge is 2.33. The van der Waals surface area contributed by atoms with E-state index >= 15 is 0 Å². The predicted octanol–water partition coefficient (Wildman–Crippen LogP) is 3.26. The Balaban J connectivity index is 1.77. The molecule has 0 spiro atoms. The number of carbonyl (C=O) groups is 2. The summed E-state index contributed by atoms with van der Waals surface area (Å²) in [5.74, 6) is 0.668. The lowest BCUT2D eigenvalue weighted by molar-refractivity contribution is -0.126. The fourth-order valence-electron chi connectivity index (χ4n) is 2.86. The molecule has 162 valence electrons. The first-order valence-electron chi connectivity index (χ1n) is 9.00. The highest BCUT2D eigenvalue weighted by atomic mass is 32.2. The van der Waals surface area contributed by atoms with Crippen LogP contribution >= 0.6 is 24.0 Å². The van der Waals surface area contributed by atoms with Crippen molar-refractivity contribution in [1.82, 2.24) is 4.90 Å². The van der Waals surface area contributed by atoms with Crippen molar-refractivity contribution < 1.29 is 28.9 Å². The van der Waals surface area contributed by atoms with Crippen LogP contribution < -0.4 is 19.5 Å². The Kier molecular flexibility index (Phi) is 7.03. The molecule has 0 aliphatic carbocycles. The molecular formula is C21H20N2O6S2. The number of aromatic hydroxyl groups is 1. The molecule has 2 aromatic rings. The van der Waals surface area contributed by atoms with Crippen LogP contribution in [0.15, 0.2) is 41.3 Å². The second kappa shape index (κ2) is 9.71. The molecule has 0 atom stereocenters. The highest BCUT2D eigenvalue weighted by Crippen LogP contribution is 2.40. The number of nitrogens with zero attached hydrogens (tertiary/aromatic N) is 1. The molecular weight excluding hydrogens is 440 g/mol. The number of rotatable bonds is 7. The third kappa shape index (κ3) is 5.09. The van der Waals surface area contributed by atoms with Crippen LogP contribution in [0.1, 0.15) is 5.56 Å². The van der Waals surface area contributed by atoms with Crippen LogP contribution in [0, 0.1) is 0 Å². The van der Waals surface area contributed by atoms with Gasteiger partial charge < -0.3 is 24.6 Å². The fraction of sp³-hybridized carbons (Fsp3) is 0.190. The molecule has 0 unspecified atom stereocenters. The second-order valence-electron chi connectivity index (χ2n) is 6.32. The number of anilines is 1. The van der Waals surface area contributed by atoms with E-state index in [1.165, 1.54) is 38.4 Å². The molecule has 0 aromatic heterocycles. The molecule has 1 heterocycles. The molecule has 1 fully saturated rings. The van der Waals surface area contributed by atoms with Gasteiger partial charge in [-0.15, -0.1) is 0 Å². The van der Waals surface area contributed by atoms with Gasteiger partial charge in [0.1, 0.15) is 16.6 Å². The van der Waals surface area contributed by atoms with Gasteiger partial charge in [0.05, 0.1) is 26.2 Å². The van der Waals surface area contributed by atoms with Crippen molar-refractivity contribution >= 4 is 51.9 Å². The van der Waals surface area contributed by atoms with Crippen LogP contribution in [0.25, 0.3) is 6.08 Å². The molecule has 2 aromatic carbocycles. The molecule has 8 nitrogen and oxygen atoms in total. The minimum absolute atomic E-state index is 0.0897. The van der Waals surface area contributed by atoms with E-state index in [1.807, 2.05) is 0 Å². The zero-order valence-corrected chi connectivity index (χ0v) is 18.6. The van der Waals surface area contributed by atoms with Gasteiger partial charge in [0, 0.05) is 5.69 Å². The molecule has 1 saturated heterocycles. The lowest BCUT2D eigenvalue weighted by atomic mass is 10.1. The first-order valence-corrected chi connectivity index (χ1v) is 10.2. The molecule has 2 N–H and O–H groups in total. The van der Waals surface area contributed by atoms with Crippen LogP contribution in [0.4, 0.5) is 5.69 Å². The van der Waals surface area contributed by atoms with E-state index in [9.17, 15) is 14.7 Å². The number of nitrogens with one attached hydrogen (secondary N) is 1. The average Bonchev–Trinajstić information content (AvgIpc) is 3.01. The number of ether oxygens (including phenoxy) is 3. The maximum absolute atomic E-state index is 12.8. The zero-order valence-electron chi connectivity index (χ0n) is 17.0. The van der Waals surface area contributed by atoms with Gasteiger partial charge in [0.15, 0.2) is 11.5 Å². The monoisotopic (exact) mass is 460 g/mol. The SMILES string of the molecule is COc1cc(/C=C2/SC(=S)N(CC(=O)Nc3ccc(O)cc3)C2=O)cc(OC)c1OC. The van der Waals surface area contributed by atoms with Crippen molar-refractivity contribution in [2.24, 2.45) is 0 Å². The first kappa shape index (κ1) is 22.4. The largest absolute Gasteiger partial charge is 0.508 e. The lowest BCUT2D eigenvalue weighted by Gasteiger charge is -2.14. The molecule has 3 rings (SSSR count). The summed E-state index contributed by atoms with van der Waals surface area (Å²) in [6, 6.07) is 9.45. The zero-order chi connectivity index (χ0) is 22.5.